The molecular weight excluding hydrogens is 466 g/mol. The van der Waals surface area contributed by atoms with Crippen LogP contribution in [0.5, 0.6) is 5.75 Å². The number of hydrogen-bond acceptors (Lipinski definition) is 3. The van der Waals surface area contributed by atoms with Crippen LogP contribution in [-0.2, 0) is 15.0 Å². The van der Waals surface area contributed by atoms with Crippen molar-refractivity contribution in [3.8, 4) is 5.75 Å². The van der Waals surface area contributed by atoms with Gasteiger partial charge in [-0.25, -0.2) is 4.39 Å². The Kier molecular flexibility index (Phi) is 5.30. The summed E-state index contributed by atoms with van der Waals surface area (Å²) in [5.74, 6) is -1.30. The molecule has 5 rings (SSSR count). The van der Waals surface area contributed by atoms with Gasteiger partial charge in [0.2, 0.25) is 11.8 Å². The lowest BCUT2D eigenvalue weighted by molar-refractivity contribution is -0.131. The molecule has 33 heavy (non-hydrogen) atoms. The molecule has 168 valence electrons. The summed E-state index contributed by atoms with van der Waals surface area (Å²) in [5, 5.41) is 6.85. The van der Waals surface area contributed by atoms with Crippen molar-refractivity contribution in [1.29, 1.82) is 0 Å². The fraction of sp³-hybridized carbons (Fsp3) is 0.200. The number of hydrogen-bond donors (Lipinski definition) is 2. The summed E-state index contributed by atoms with van der Waals surface area (Å²) in [6, 6.07) is 15.4. The van der Waals surface area contributed by atoms with Crippen LogP contribution in [0.15, 0.2) is 60.7 Å². The molecule has 1 spiro atoms. The van der Waals surface area contributed by atoms with Gasteiger partial charge >= 0.3 is 0 Å². The van der Waals surface area contributed by atoms with E-state index >= 15 is 0 Å². The van der Waals surface area contributed by atoms with Gasteiger partial charge < -0.3 is 15.4 Å². The summed E-state index contributed by atoms with van der Waals surface area (Å²) >= 11 is 12.5. The van der Waals surface area contributed by atoms with Crippen molar-refractivity contribution in [3.63, 3.8) is 0 Å². The maximum Gasteiger partial charge on any atom is 0.238 e. The first-order valence-corrected chi connectivity index (χ1v) is 11.1. The predicted molar refractivity (Wildman–Crippen MR) is 124 cm³/mol. The van der Waals surface area contributed by atoms with Crippen molar-refractivity contribution in [2.75, 3.05) is 12.4 Å². The van der Waals surface area contributed by atoms with Crippen LogP contribution in [0.3, 0.4) is 0 Å². The van der Waals surface area contributed by atoms with E-state index in [9.17, 15) is 14.0 Å². The van der Waals surface area contributed by atoms with Gasteiger partial charge in [-0.1, -0.05) is 41.4 Å². The standard InChI is InChI=1S/C25H19Cl2FN2O3/c1-33-21-8-6-16(28)11-17(21)23-25(18-7-5-15(27)10-20(18)29-24(25)32)19(12-22(31)30-23)13-3-2-4-14(26)9-13/h2-11,19,23H,12H2,1H3,(H,29,32)(H,30,31). The molecule has 2 aliphatic rings. The van der Waals surface area contributed by atoms with E-state index in [0.29, 0.717) is 32.6 Å². The molecule has 3 aromatic carbocycles. The van der Waals surface area contributed by atoms with Crippen LogP contribution < -0.4 is 15.4 Å². The second-order valence-electron chi connectivity index (χ2n) is 8.21. The molecule has 2 amide bonds. The lowest BCUT2D eigenvalue weighted by Gasteiger charge is -2.46. The monoisotopic (exact) mass is 484 g/mol. The molecule has 2 heterocycles. The highest BCUT2D eigenvalue weighted by atomic mass is 35.5. The number of methoxy groups -OCH3 is 1. The Morgan fingerprint density at radius 3 is 2.58 bits per heavy atom. The zero-order chi connectivity index (χ0) is 23.3. The highest BCUT2D eigenvalue weighted by Gasteiger charge is 2.61. The third-order valence-electron chi connectivity index (χ3n) is 6.50. The number of carbonyl (C=O) groups is 2. The summed E-state index contributed by atoms with van der Waals surface area (Å²) in [7, 11) is 1.46. The highest BCUT2D eigenvalue weighted by Crippen LogP contribution is 2.58. The lowest BCUT2D eigenvalue weighted by Crippen LogP contribution is -2.56. The van der Waals surface area contributed by atoms with Gasteiger partial charge in [-0.2, -0.15) is 0 Å². The third-order valence-corrected chi connectivity index (χ3v) is 6.98. The minimum absolute atomic E-state index is 0.0456. The van der Waals surface area contributed by atoms with Crippen molar-refractivity contribution in [3.05, 3.63) is 93.2 Å². The number of piperidine rings is 1. The molecule has 0 bridgehead atoms. The minimum atomic E-state index is -1.29. The average molecular weight is 485 g/mol. The van der Waals surface area contributed by atoms with Crippen LogP contribution in [-0.4, -0.2) is 18.9 Å². The van der Waals surface area contributed by atoms with E-state index in [4.69, 9.17) is 27.9 Å². The first-order valence-electron chi connectivity index (χ1n) is 10.3. The summed E-state index contributed by atoms with van der Waals surface area (Å²) in [6.07, 6.45) is 0.0456. The van der Waals surface area contributed by atoms with Gasteiger partial charge in [0.15, 0.2) is 0 Å². The second-order valence-corrected chi connectivity index (χ2v) is 9.08. The van der Waals surface area contributed by atoms with Crippen molar-refractivity contribution < 1.29 is 18.7 Å². The largest absolute Gasteiger partial charge is 0.496 e. The van der Waals surface area contributed by atoms with Gasteiger partial charge in [0.25, 0.3) is 0 Å². The number of nitrogens with one attached hydrogen (secondary N) is 2. The van der Waals surface area contributed by atoms with Crippen LogP contribution in [0.25, 0.3) is 0 Å². The van der Waals surface area contributed by atoms with E-state index < -0.39 is 23.2 Å². The Morgan fingerprint density at radius 2 is 1.82 bits per heavy atom. The predicted octanol–water partition coefficient (Wildman–Crippen LogP) is 5.38. The molecular formula is C25H19Cl2FN2O3. The topological polar surface area (TPSA) is 67.4 Å². The molecule has 0 radical (unpaired) electrons. The van der Waals surface area contributed by atoms with Crippen LogP contribution >= 0.6 is 23.2 Å². The van der Waals surface area contributed by atoms with Crippen molar-refractivity contribution in [2.45, 2.75) is 23.8 Å². The summed E-state index contributed by atoms with van der Waals surface area (Å²) in [4.78, 5) is 26.9. The van der Waals surface area contributed by atoms with E-state index in [1.165, 1.54) is 25.3 Å². The fourth-order valence-electron chi connectivity index (χ4n) is 5.20. The molecule has 0 aromatic heterocycles. The number of amides is 2. The van der Waals surface area contributed by atoms with Crippen LogP contribution in [0, 0.1) is 5.82 Å². The maximum absolute atomic E-state index is 14.4. The Balaban J connectivity index is 1.84. The Bertz CT molecular complexity index is 1300. The molecule has 3 unspecified atom stereocenters. The van der Waals surface area contributed by atoms with Crippen molar-refractivity contribution >= 4 is 40.7 Å². The fourth-order valence-corrected chi connectivity index (χ4v) is 5.57. The summed E-state index contributed by atoms with van der Waals surface area (Å²) in [5.41, 5.74) is 1.03. The van der Waals surface area contributed by atoms with Crippen LogP contribution in [0.4, 0.5) is 10.1 Å². The van der Waals surface area contributed by atoms with E-state index in [-0.39, 0.29) is 18.2 Å². The maximum atomic E-state index is 14.4. The molecule has 8 heteroatoms. The number of rotatable bonds is 3. The average Bonchev–Trinajstić information content (AvgIpc) is 3.06. The van der Waals surface area contributed by atoms with Gasteiger partial charge in [-0.05, 0) is 53.6 Å². The van der Waals surface area contributed by atoms with Gasteiger partial charge in [0.05, 0.1) is 13.2 Å². The number of benzene rings is 3. The van der Waals surface area contributed by atoms with Gasteiger partial charge in [-0.15, -0.1) is 0 Å². The molecule has 3 aromatic rings. The molecule has 5 nitrogen and oxygen atoms in total. The Hall–Kier alpha value is -3.09. The normalized spacial score (nSPS) is 23.8. The van der Waals surface area contributed by atoms with E-state index in [1.807, 2.05) is 6.07 Å². The Labute approximate surface area is 199 Å². The lowest BCUT2D eigenvalue weighted by atomic mass is 9.59. The highest BCUT2D eigenvalue weighted by molar-refractivity contribution is 6.31. The molecule has 1 fully saturated rings. The zero-order valence-electron chi connectivity index (χ0n) is 17.5. The first kappa shape index (κ1) is 21.7. The van der Waals surface area contributed by atoms with Crippen LogP contribution in [0.1, 0.15) is 35.1 Å². The summed E-state index contributed by atoms with van der Waals surface area (Å²) in [6.45, 7) is 0. The summed E-state index contributed by atoms with van der Waals surface area (Å²) < 4.78 is 19.9. The Morgan fingerprint density at radius 1 is 1.03 bits per heavy atom. The zero-order valence-corrected chi connectivity index (χ0v) is 19.0. The molecule has 0 saturated carbocycles. The van der Waals surface area contributed by atoms with Crippen molar-refractivity contribution in [2.24, 2.45) is 0 Å². The molecule has 0 aliphatic carbocycles. The number of fused-ring (bicyclic) bond motifs is 2. The number of carbonyl (C=O) groups excluding carboxylic acids is 2. The number of ether oxygens (including phenoxy) is 1. The number of halogens is 3. The second kappa shape index (κ2) is 8.04. The van der Waals surface area contributed by atoms with Crippen molar-refractivity contribution in [1.82, 2.24) is 5.32 Å². The molecule has 3 atom stereocenters. The SMILES string of the molecule is COc1ccc(F)cc1C1NC(=O)CC(c2cccc(Cl)c2)C12C(=O)Nc1cc(Cl)ccc12. The van der Waals surface area contributed by atoms with E-state index in [0.717, 1.165) is 5.56 Å². The van der Waals surface area contributed by atoms with Crippen LogP contribution in [0.2, 0.25) is 10.0 Å². The van der Waals surface area contributed by atoms with Gasteiger partial charge in [0.1, 0.15) is 17.0 Å². The van der Waals surface area contributed by atoms with E-state index in [1.54, 1.807) is 36.4 Å². The molecule has 2 N–H and O–H groups in total. The van der Waals surface area contributed by atoms with E-state index in [2.05, 4.69) is 10.6 Å². The quantitative estimate of drug-likeness (QED) is 0.524. The van der Waals surface area contributed by atoms with Gasteiger partial charge in [-0.3, -0.25) is 9.59 Å². The molecule has 1 saturated heterocycles. The molecule has 2 aliphatic heterocycles. The smallest absolute Gasteiger partial charge is 0.238 e. The minimum Gasteiger partial charge on any atom is -0.496 e. The number of anilines is 1. The first-order chi connectivity index (χ1) is 15.8. The third kappa shape index (κ3) is 3.36. The van der Waals surface area contributed by atoms with Gasteiger partial charge in [0, 0.05) is 33.6 Å².